The van der Waals surface area contributed by atoms with Gasteiger partial charge < -0.3 is 4.43 Å². The molecule has 16 heavy (non-hydrogen) atoms. The molecule has 1 atom stereocenters. The molecule has 0 bridgehead atoms. The summed E-state index contributed by atoms with van der Waals surface area (Å²) in [5.41, 5.74) is 0. The number of hydrogen-bond acceptors (Lipinski definition) is 1. The highest BCUT2D eigenvalue weighted by Gasteiger charge is 2.36. The van der Waals surface area contributed by atoms with Crippen LogP contribution >= 0.6 is 0 Å². The van der Waals surface area contributed by atoms with Gasteiger partial charge in [-0.15, -0.1) is 0 Å². The molecule has 0 aliphatic heterocycles. The van der Waals surface area contributed by atoms with Crippen molar-refractivity contribution in [2.75, 3.05) is 6.61 Å². The van der Waals surface area contributed by atoms with Crippen molar-refractivity contribution in [3.05, 3.63) is 12.2 Å². The van der Waals surface area contributed by atoms with Gasteiger partial charge in [0.25, 0.3) is 0 Å². The van der Waals surface area contributed by atoms with Gasteiger partial charge in [0.2, 0.25) is 0 Å². The fraction of sp³-hybridized carbons (Fsp3) is 0.857. The van der Waals surface area contributed by atoms with Gasteiger partial charge in [0.1, 0.15) is 0 Å². The molecular formula is C14H28OSi. The molecule has 0 heterocycles. The maximum Gasteiger partial charge on any atom is 0.191 e. The molecular weight excluding hydrogens is 212 g/mol. The van der Waals surface area contributed by atoms with Crippen LogP contribution in [0, 0.1) is 5.92 Å². The van der Waals surface area contributed by atoms with Crippen LogP contribution in [0.4, 0.5) is 0 Å². The van der Waals surface area contributed by atoms with Gasteiger partial charge in [0.05, 0.1) is 0 Å². The predicted molar refractivity (Wildman–Crippen MR) is 74.2 cm³/mol. The maximum atomic E-state index is 6.20. The van der Waals surface area contributed by atoms with Crippen molar-refractivity contribution in [2.45, 2.75) is 64.6 Å². The summed E-state index contributed by atoms with van der Waals surface area (Å²) in [6.45, 7) is 12.5. The Hall–Kier alpha value is -0.0831. The molecule has 0 aromatic carbocycles. The van der Waals surface area contributed by atoms with E-state index in [1.54, 1.807) is 0 Å². The van der Waals surface area contributed by atoms with Crippen molar-refractivity contribution in [3.63, 3.8) is 0 Å². The summed E-state index contributed by atoms with van der Waals surface area (Å²) in [6, 6.07) is 0. The Kier molecular flexibility index (Phi) is 4.81. The van der Waals surface area contributed by atoms with Gasteiger partial charge in [-0.1, -0.05) is 32.9 Å². The molecule has 0 spiro atoms. The zero-order chi connectivity index (χ0) is 12.2. The van der Waals surface area contributed by atoms with Crippen LogP contribution in [0.15, 0.2) is 12.2 Å². The monoisotopic (exact) mass is 240 g/mol. The number of rotatable bonds is 4. The van der Waals surface area contributed by atoms with Crippen LogP contribution in [0.5, 0.6) is 0 Å². The summed E-state index contributed by atoms with van der Waals surface area (Å²) in [4.78, 5) is 0. The molecule has 0 amide bonds. The molecule has 0 radical (unpaired) electrons. The van der Waals surface area contributed by atoms with Crippen LogP contribution in [-0.4, -0.2) is 14.9 Å². The van der Waals surface area contributed by atoms with Gasteiger partial charge in [-0.05, 0) is 49.7 Å². The summed E-state index contributed by atoms with van der Waals surface area (Å²) >= 11 is 0. The van der Waals surface area contributed by atoms with Gasteiger partial charge in [0, 0.05) is 6.61 Å². The Bertz CT molecular complexity index is 238. The molecule has 0 aromatic heterocycles. The molecule has 0 aromatic rings. The topological polar surface area (TPSA) is 9.23 Å². The van der Waals surface area contributed by atoms with E-state index in [4.69, 9.17) is 4.43 Å². The van der Waals surface area contributed by atoms with Crippen LogP contribution < -0.4 is 0 Å². The second-order valence-electron chi connectivity index (χ2n) is 6.52. The van der Waals surface area contributed by atoms with Crippen molar-refractivity contribution in [2.24, 2.45) is 5.92 Å². The first-order chi connectivity index (χ1) is 7.33. The Morgan fingerprint density at radius 3 is 2.50 bits per heavy atom. The quantitative estimate of drug-likeness (QED) is 0.509. The standard InChI is InChI=1S/C14H28OSi/c1-14(2,3)16(4,5)15-12-11-13-9-7-6-8-10-13/h7,9,13H,6,8,10-12H2,1-5H3. The van der Waals surface area contributed by atoms with Crippen molar-refractivity contribution < 1.29 is 4.43 Å². The molecule has 0 N–H and O–H groups in total. The summed E-state index contributed by atoms with van der Waals surface area (Å²) in [6.07, 6.45) is 9.93. The van der Waals surface area contributed by atoms with E-state index in [9.17, 15) is 0 Å². The first-order valence-electron chi connectivity index (χ1n) is 6.63. The average Bonchev–Trinajstić information content (AvgIpc) is 2.17. The molecule has 0 saturated carbocycles. The Morgan fingerprint density at radius 1 is 1.31 bits per heavy atom. The lowest BCUT2D eigenvalue weighted by molar-refractivity contribution is 0.261. The van der Waals surface area contributed by atoms with Crippen LogP contribution in [0.2, 0.25) is 18.1 Å². The fourth-order valence-electron chi connectivity index (χ4n) is 1.81. The van der Waals surface area contributed by atoms with Gasteiger partial charge in [-0.2, -0.15) is 0 Å². The van der Waals surface area contributed by atoms with E-state index < -0.39 is 8.32 Å². The Labute approximate surface area is 102 Å². The first-order valence-corrected chi connectivity index (χ1v) is 9.54. The van der Waals surface area contributed by atoms with Gasteiger partial charge in [-0.25, -0.2) is 0 Å². The summed E-state index contributed by atoms with van der Waals surface area (Å²) in [5.74, 6) is 0.776. The number of allylic oxidation sites excluding steroid dienone is 2. The van der Waals surface area contributed by atoms with Crippen molar-refractivity contribution >= 4 is 8.32 Å². The molecule has 1 aliphatic rings. The van der Waals surface area contributed by atoms with Crippen LogP contribution in [-0.2, 0) is 4.43 Å². The minimum atomic E-state index is -1.51. The molecule has 0 fully saturated rings. The minimum Gasteiger partial charge on any atom is -0.417 e. The third-order valence-electron chi connectivity index (χ3n) is 4.11. The largest absolute Gasteiger partial charge is 0.417 e. The smallest absolute Gasteiger partial charge is 0.191 e. The molecule has 1 unspecified atom stereocenters. The fourth-order valence-corrected chi connectivity index (χ4v) is 2.87. The lowest BCUT2D eigenvalue weighted by atomic mass is 9.94. The molecule has 1 rings (SSSR count). The van der Waals surface area contributed by atoms with Gasteiger partial charge >= 0.3 is 0 Å². The first kappa shape index (κ1) is 14.0. The van der Waals surface area contributed by atoms with Crippen molar-refractivity contribution in [3.8, 4) is 0 Å². The summed E-state index contributed by atoms with van der Waals surface area (Å²) < 4.78 is 6.20. The normalized spacial score (nSPS) is 22.4. The zero-order valence-electron chi connectivity index (χ0n) is 11.7. The molecule has 0 saturated heterocycles. The molecule has 94 valence electrons. The van der Waals surface area contributed by atoms with Crippen LogP contribution in [0.25, 0.3) is 0 Å². The minimum absolute atomic E-state index is 0.343. The van der Waals surface area contributed by atoms with E-state index in [-0.39, 0.29) is 0 Å². The second-order valence-corrected chi connectivity index (χ2v) is 11.3. The lowest BCUT2D eigenvalue weighted by Gasteiger charge is -2.36. The van der Waals surface area contributed by atoms with Crippen LogP contribution in [0.1, 0.15) is 46.5 Å². The van der Waals surface area contributed by atoms with E-state index in [2.05, 4.69) is 46.0 Å². The number of hydrogen-bond donors (Lipinski definition) is 0. The molecule has 1 nitrogen and oxygen atoms in total. The SMILES string of the molecule is CC(C)(C)[Si](C)(C)OCCC1C=CCCC1. The second kappa shape index (κ2) is 5.50. The summed E-state index contributed by atoms with van der Waals surface area (Å²) in [7, 11) is -1.51. The van der Waals surface area contributed by atoms with Gasteiger partial charge in [-0.3, -0.25) is 0 Å². The van der Waals surface area contributed by atoms with E-state index in [0.29, 0.717) is 5.04 Å². The maximum absolute atomic E-state index is 6.20. The zero-order valence-corrected chi connectivity index (χ0v) is 12.7. The highest BCUT2D eigenvalue weighted by molar-refractivity contribution is 6.74. The third-order valence-corrected chi connectivity index (χ3v) is 8.65. The Morgan fingerprint density at radius 2 is 2.00 bits per heavy atom. The van der Waals surface area contributed by atoms with E-state index in [1.807, 2.05) is 0 Å². The third kappa shape index (κ3) is 4.06. The highest BCUT2D eigenvalue weighted by atomic mass is 28.4. The van der Waals surface area contributed by atoms with Crippen LogP contribution in [0.3, 0.4) is 0 Å². The van der Waals surface area contributed by atoms with Gasteiger partial charge in [0.15, 0.2) is 8.32 Å². The Balaban J connectivity index is 2.29. The highest BCUT2D eigenvalue weighted by Crippen LogP contribution is 2.36. The average molecular weight is 240 g/mol. The van der Waals surface area contributed by atoms with E-state index in [0.717, 1.165) is 12.5 Å². The van der Waals surface area contributed by atoms with E-state index >= 15 is 0 Å². The molecule has 2 heteroatoms. The van der Waals surface area contributed by atoms with Crippen molar-refractivity contribution in [1.29, 1.82) is 0 Å². The molecule has 1 aliphatic carbocycles. The van der Waals surface area contributed by atoms with Crippen molar-refractivity contribution in [1.82, 2.24) is 0 Å². The van der Waals surface area contributed by atoms with E-state index in [1.165, 1.54) is 25.7 Å². The lowest BCUT2D eigenvalue weighted by Crippen LogP contribution is -2.41. The predicted octanol–water partition coefficient (Wildman–Crippen LogP) is 4.75. The summed E-state index contributed by atoms with van der Waals surface area (Å²) in [5, 5.41) is 0.343.